The molecule has 10 heteroatoms. The maximum absolute atomic E-state index is 12.5. The van der Waals surface area contributed by atoms with Crippen molar-refractivity contribution in [2.75, 3.05) is 0 Å². The van der Waals surface area contributed by atoms with E-state index < -0.39 is 24.0 Å². The molecule has 0 radical (unpaired) electrons. The quantitative estimate of drug-likeness (QED) is 0.483. The summed E-state index contributed by atoms with van der Waals surface area (Å²) >= 11 is 1.45. The number of nitrogens with zero attached hydrogens (tertiary/aromatic N) is 1. The van der Waals surface area contributed by atoms with Gasteiger partial charge in [-0.15, -0.1) is 13.2 Å². The van der Waals surface area contributed by atoms with Gasteiger partial charge < -0.3 is 10.5 Å². The van der Waals surface area contributed by atoms with E-state index in [9.17, 15) is 26.3 Å². The first-order chi connectivity index (χ1) is 8.04. The van der Waals surface area contributed by atoms with Crippen molar-refractivity contribution >= 4 is 22.6 Å². The Kier molecular flexibility index (Phi) is 4.30. The molecular formula is C8H5F6IN2O. The Hall–Kier alpha value is -0.780. The number of hydrogen-bond acceptors (Lipinski definition) is 3. The Morgan fingerprint density at radius 3 is 2.17 bits per heavy atom. The van der Waals surface area contributed by atoms with E-state index in [1.54, 1.807) is 0 Å². The second-order valence-electron chi connectivity index (χ2n) is 3.03. The molecule has 0 saturated carbocycles. The normalized spacial score (nSPS) is 12.7. The minimum atomic E-state index is -5.24. The second kappa shape index (κ2) is 5.07. The van der Waals surface area contributed by atoms with Crippen molar-refractivity contribution in [3.05, 3.63) is 21.0 Å². The fourth-order valence-electron chi connectivity index (χ4n) is 1.06. The van der Waals surface area contributed by atoms with Gasteiger partial charge in [0.05, 0.1) is 0 Å². The van der Waals surface area contributed by atoms with Crippen molar-refractivity contribution in [3.63, 3.8) is 0 Å². The Labute approximate surface area is 110 Å². The lowest BCUT2D eigenvalue weighted by Crippen LogP contribution is -2.22. The maximum atomic E-state index is 12.5. The number of nitrogens with two attached hydrogens (primary N) is 1. The van der Waals surface area contributed by atoms with Crippen molar-refractivity contribution in [1.29, 1.82) is 0 Å². The predicted molar refractivity (Wildman–Crippen MR) is 56.5 cm³/mol. The predicted octanol–water partition coefficient (Wildman–Crippen LogP) is 3.06. The standard InChI is InChI=1S/C8H5F6IN2O/c9-7(10,11)5-4(18-8(12,13)14)1-3(2-16)6(15)17-5/h1H,2,16H2. The Morgan fingerprint density at radius 1 is 1.22 bits per heavy atom. The Morgan fingerprint density at radius 2 is 1.78 bits per heavy atom. The molecule has 0 aliphatic carbocycles. The summed E-state index contributed by atoms with van der Waals surface area (Å²) in [6.45, 7) is -0.252. The van der Waals surface area contributed by atoms with Crippen LogP contribution in [0.25, 0.3) is 0 Å². The van der Waals surface area contributed by atoms with E-state index in [1.807, 2.05) is 0 Å². The van der Waals surface area contributed by atoms with E-state index in [0.29, 0.717) is 6.07 Å². The van der Waals surface area contributed by atoms with E-state index in [0.717, 1.165) is 0 Å². The Balaban J connectivity index is 3.35. The van der Waals surface area contributed by atoms with Crippen LogP contribution in [0.15, 0.2) is 6.07 Å². The summed E-state index contributed by atoms with van der Waals surface area (Å²) in [4.78, 5) is 3.06. The van der Waals surface area contributed by atoms with Gasteiger partial charge in [0.15, 0.2) is 11.4 Å². The summed E-state index contributed by atoms with van der Waals surface area (Å²) in [5, 5.41) is 0. The van der Waals surface area contributed by atoms with Gasteiger partial charge in [-0.3, -0.25) is 0 Å². The highest BCUT2D eigenvalue weighted by molar-refractivity contribution is 14.1. The molecule has 102 valence electrons. The number of rotatable bonds is 2. The first kappa shape index (κ1) is 15.3. The molecule has 1 heterocycles. The van der Waals surface area contributed by atoms with Crippen LogP contribution in [-0.4, -0.2) is 11.3 Å². The minimum absolute atomic E-state index is 0.0304. The third-order valence-electron chi connectivity index (χ3n) is 1.73. The van der Waals surface area contributed by atoms with E-state index >= 15 is 0 Å². The van der Waals surface area contributed by atoms with Crippen LogP contribution in [0.2, 0.25) is 0 Å². The summed E-state index contributed by atoms with van der Waals surface area (Å²) in [5.74, 6) is -1.41. The summed E-state index contributed by atoms with van der Waals surface area (Å²) in [5.41, 5.74) is 3.48. The van der Waals surface area contributed by atoms with Gasteiger partial charge in [-0.05, 0) is 28.7 Å². The molecule has 0 unspecified atom stereocenters. The van der Waals surface area contributed by atoms with Crippen LogP contribution in [0.4, 0.5) is 26.3 Å². The lowest BCUT2D eigenvalue weighted by atomic mass is 10.2. The molecule has 1 aromatic rings. The number of alkyl halides is 6. The summed E-state index contributed by atoms with van der Waals surface area (Å²) < 4.78 is 76.7. The van der Waals surface area contributed by atoms with Crippen LogP contribution >= 0.6 is 22.6 Å². The van der Waals surface area contributed by atoms with E-state index in [-0.39, 0.29) is 15.8 Å². The molecule has 0 fully saturated rings. The highest BCUT2D eigenvalue weighted by Crippen LogP contribution is 2.38. The number of halogens is 7. The van der Waals surface area contributed by atoms with Gasteiger partial charge >= 0.3 is 12.5 Å². The van der Waals surface area contributed by atoms with Gasteiger partial charge in [-0.1, -0.05) is 0 Å². The molecule has 0 aromatic carbocycles. The third-order valence-corrected chi connectivity index (χ3v) is 2.66. The zero-order valence-electron chi connectivity index (χ0n) is 8.36. The van der Waals surface area contributed by atoms with Gasteiger partial charge in [0.25, 0.3) is 0 Å². The molecule has 2 N–H and O–H groups in total. The van der Waals surface area contributed by atoms with Crippen molar-refractivity contribution in [1.82, 2.24) is 4.98 Å². The minimum Gasteiger partial charge on any atom is -0.403 e. The average Bonchev–Trinajstić information content (AvgIpc) is 2.16. The van der Waals surface area contributed by atoms with Crippen LogP contribution in [-0.2, 0) is 12.7 Å². The highest BCUT2D eigenvalue weighted by atomic mass is 127. The molecule has 0 atom stereocenters. The molecule has 0 aliphatic rings. The van der Waals surface area contributed by atoms with E-state index in [2.05, 4.69) is 9.72 Å². The van der Waals surface area contributed by atoms with Crippen LogP contribution in [0.5, 0.6) is 5.75 Å². The third kappa shape index (κ3) is 3.86. The molecule has 1 aromatic heterocycles. The number of ether oxygens (including phenoxy) is 1. The summed E-state index contributed by atoms with van der Waals surface area (Å²) in [7, 11) is 0. The largest absolute Gasteiger partial charge is 0.573 e. The number of aromatic nitrogens is 1. The maximum Gasteiger partial charge on any atom is 0.573 e. The molecule has 0 saturated heterocycles. The van der Waals surface area contributed by atoms with Crippen LogP contribution in [0.1, 0.15) is 11.3 Å². The van der Waals surface area contributed by atoms with Crippen molar-refractivity contribution < 1.29 is 31.1 Å². The lowest BCUT2D eigenvalue weighted by molar-refractivity contribution is -0.276. The SMILES string of the molecule is NCc1cc(OC(F)(F)F)c(C(F)(F)F)nc1I. The molecule has 0 aliphatic heterocycles. The monoisotopic (exact) mass is 386 g/mol. The van der Waals surface area contributed by atoms with Crippen LogP contribution in [0.3, 0.4) is 0 Å². The fourth-order valence-corrected chi connectivity index (χ4v) is 1.68. The first-order valence-electron chi connectivity index (χ1n) is 4.27. The van der Waals surface area contributed by atoms with Crippen molar-refractivity contribution in [2.45, 2.75) is 19.1 Å². The van der Waals surface area contributed by atoms with Crippen molar-refractivity contribution in [3.8, 4) is 5.75 Å². The fraction of sp³-hybridized carbons (Fsp3) is 0.375. The molecular weight excluding hydrogens is 381 g/mol. The first-order valence-corrected chi connectivity index (χ1v) is 5.35. The van der Waals surface area contributed by atoms with Gasteiger partial charge in [-0.2, -0.15) is 13.2 Å². The van der Waals surface area contributed by atoms with Crippen LogP contribution in [0, 0.1) is 3.70 Å². The highest BCUT2D eigenvalue weighted by Gasteiger charge is 2.41. The zero-order valence-corrected chi connectivity index (χ0v) is 10.5. The zero-order chi connectivity index (χ0) is 14.1. The van der Waals surface area contributed by atoms with Gasteiger partial charge in [0.1, 0.15) is 3.70 Å². The number of pyridine rings is 1. The van der Waals surface area contributed by atoms with Crippen molar-refractivity contribution in [2.24, 2.45) is 5.73 Å². The van der Waals surface area contributed by atoms with Gasteiger partial charge in [0, 0.05) is 12.1 Å². The second-order valence-corrected chi connectivity index (χ2v) is 4.06. The number of hydrogen-bond donors (Lipinski definition) is 1. The molecule has 18 heavy (non-hydrogen) atoms. The Bertz CT molecular complexity index is 444. The van der Waals surface area contributed by atoms with E-state index in [4.69, 9.17) is 5.73 Å². The molecule has 1 rings (SSSR count). The topological polar surface area (TPSA) is 48.1 Å². The van der Waals surface area contributed by atoms with Gasteiger partial charge in [-0.25, -0.2) is 4.98 Å². The lowest BCUT2D eigenvalue weighted by Gasteiger charge is -2.16. The summed E-state index contributed by atoms with van der Waals surface area (Å²) in [6, 6.07) is 0.588. The van der Waals surface area contributed by atoms with Gasteiger partial charge in [0.2, 0.25) is 0 Å². The molecule has 3 nitrogen and oxygen atoms in total. The van der Waals surface area contributed by atoms with Crippen LogP contribution < -0.4 is 10.5 Å². The smallest absolute Gasteiger partial charge is 0.403 e. The average molecular weight is 386 g/mol. The molecule has 0 bridgehead atoms. The molecule has 0 spiro atoms. The summed E-state index contributed by atoms with van der Waals surface area (Å²) in [6.07, 6.45) is -10.3. The van der Waals surface area contributed by atoms with E-state index in [1.165, 1.54) is 22.6 Å². The molecule has 0 amide bonds.